The largest absolute Gasteiger partial charge is 0.496 e. The van der Waals surface area contributed by atoms with Crippen LogP contribution in [0.4, 0.5) is 0 Å². The number of carbonyl (C=O) groups is 1. The lowest BCUT2D eigenvalue weighted by molar-refractivity contribution is 0.104. The van der Waals surface area contributed by atoms with Crippen LogP contribution < -0.4 is 0 Å². The number of ketones is 1. The van der Waals surface area contributed by atoms with Crippen molar-refractivity contribution in [3.05, 3.63) is 126 Å². The zero-order valence-corrected chi connectivity index (χ0v) is 18.9. The van der Waals surface area contributed by atoms with Crippen LogP contribution in [-0.2, 0) is 4.74 Å². The zero-order chi connectivity index (χ0) is 23.3. The summed E-state index contributed by atoms with van der Waals surface area (Å²) in [6, 6.07) is 20.2. The van der Waals surface area contributed by atoms with Crippen molar-refractivity contribution in [2.75, 3.05) is 7.11 Å². The average molecular weight is 421 g/mol. The first kappa shape index (κ1) is 22.8. The van der Waals surface area contributed by atoms with Gasteiger partial charge in [0.2, 0.25) is 0 Å². The molecule has 0 atom stereocenters. The number of rotatable bonds is 8. The first-order valence-electron chi connectivity index (χ1n) is 10.4. The standard InChI is InChI=1S/C30H28O2/c1-7-23-11-9-10-12-28(23)26-15-14-25(18-21(26)4)30(32-6)19-20(3)24-13-16-27(22(5)17-24)29(31)8-2/h7-19H,1-3H2,4-6H3/b30-19-. The van der Waals surface area contributed by atoms with Crippen molar-refractivity contribution in [2.45, 2.75) is 13.8 Å². The summed E-state index contributed by atoms with van der Waals surface area (Å²) in [5.74, 6) is 0.645. The van der Waals surface area contributed by atoms with E-state index in [1.165, 1.54) is 6.08 Å². The fraction of sp³-hybridized carbons (Fsp3) is 0.100. The Balaban J connectivity index is 1.94. The summed E-state index contributed by atoms with van der Waals surface area (Å²) >= 11 is 0. The molecule has 0 unspecified atom stereocenters. The van der Waals surface area contributed by atoms with Crippen molar-refractivity contribution in [3.8, 4) is 11.1 Å². The number of benzene rings is 3. The zero-order valence-electron chi connectivity index (χ0n) is 18.9. The third-order valence-electron chi connectivity index (χ3n) is 5.56. The lowest BCUT2D eigenvalue weighted by Crippen LogP contribution is -1.98. The van der Waals surface area contributed by atoms with Gasteiger partial charge in [-0.2, -0.15) is 0 Å². The molecular formula is C30H28O2. The maximum absolute atomic E-state index is 11.9. The quantitative estimate of drug-likeness (QED) is 0.162. The summed E-state index contributed by atoms with van der Waals surface area (Å²) in [4.78, 5) is 11.9. The predicted molar refractivity (Wildman–Crippen MR) is 136 cm³/mol. The molecule has 0 saturated heterocycles. The normalized spacial score (nSPS) is 11.0. The number of hydrogen-bond donors (Lipinski definition) is 0. The highest BCUT2D eigenvalue weighted by Gasteiger charge is 2.11. The molecule has 0 saturated carbocycles. The second-order valence-electron chi connectivity index (χ2n) is 7.66. The molecule has 2 heteroatoms. The van der Waals surface area contributed by atoms with Crippen LogP contribution in [0.3, 0.4) is 0 Å². The highest BCUT2D eigenvalue weighted by atomic mass is 16.5. The van der Waals surface area contributed by atoms with Crippen LogP contribution in [0.15, 0.2) is 92.6 Å². The Kier molecular flexibility index (Phi) is 7.07. The van der Waals surface area contributed by atoms with E-state index in [1.54, 1.807) is 7.11 Å². The molecular weight excluding hydrogens is 392 g/mol. The van der Waals surface area contributed by atoms with E-state index in [0.717, 1.165) is 50.3 Å². The van der Waals surface area contributed by atoms with Crippen LogP contribution in [0.5, 0.6) is 0 Å². The second-order valence-corrected chi connectivity index (χ2v) is 7.66. The van der Waals surface area contributed by atoms with Gasteiger partial charge in [0.05, 0.1) is 7.11 Å². The molecule has 0 spiro atoms. The number of aryl methyl sites for hydroxylation is 2. The fourth-order valence-corrected chi connectivity index (χ4v) is 3.79. The van der Waals surface area contributed by atoms with Crippen LogP contribution in [-0.4, -0.2) is 12.9 Å². The van der Waals surface area contributed by atoms with Crippen molar-refractivity contribution in [1.82, 2.24) is 0 Å². The summed E-state index contributed by atoms with van der Waals surface area (Å²) in [5, 5.41) is 0. The van der Waals surface area contributed by atoms with Gasteiger partial charge in [0, 0.05) is 11.1 Å². The van der Waals surface area contributed by atoms with E-state index in [4.69, 9.17) is 4.74 Å². The van der Waals surface area contributed by atoms with Gasteiger partial charge < -0.3 is 4.74 Å². The minimum Gasteiger partial charge on any atom is -0.496 e. The maximum atomic E-state index is 11.9. The summed E-state index contributed by atoms with van der Waals surface area (Å²) in [7, 11) is 1.66. The van der Waals surface area contributed by atoms with Gasteiger partial charge in [0.1, 0.15) is 5.76 Å². The fourth-order valence-electron chi connectivity index (χ4n) is 3.79. The molecule has 3 rings (SSSR count). The van der Waals surface area contributed by atoms with Crippen LogP contribution in [0.25, 0.3) is 28.5 Å². The first-order valence-corrected chi connectivity index (χ1v) is 10.4. The van der Waals surface area contributed by atoms with Crippen molar-refractivity contribution in [2.24, 2.45) is 0 Å². The molecule has 3 aromatic rings. The number of hydrogen-bond acceptors (Lipinski definition) is 2. The summed E-state index contributed by atoms with van der Waals surface area (Å²) < 4.78 is 5.70. The average Bonchev–Trinajstić information content (AvgIpc) is 2.81. The molecule has 0 fully saturated rings. The van der Waals surface area contributed by atoms with Crippen molar-refractivity contribution >= 4 is 23.2 Å². The van der Waals surface area contributed by atoms with Crippen molar-refractivity contribution in [3.63, 3.8) is 0 Å². The second kappa shape index (κ2) is 9.93. The Labute approximate surface area is 190 Å². The number of allylic oxidation sites excluding steroid dienone is 3. The molecule has 0 heterocycles. The Morgan fingerprint density at radius 2 is 1.56 bits per heavy atom. The van der Waals surface area contributed by atoms with Gasteiger partial charge in [-0.05, 0) is 71.0 Å². The SMILES string of the molecule is C=CC(=O)c1ccc(C(=C)/C=C(\OC)c2ccc(-c3ccccc3C=C)c(C)c2)cc1C. The molecule has 0 bridgehead atoms. The van der Waals surface area contributed by atoms with Gasteiger partial charge in [-0.25, -0.2) is 0 Å². The predicted octanol–water partition coefficient (Wildman–Crippen LogP) is 7.68. The number of ether oxygens (including phenoxy) is 1. The van der Waals surface area contributed by atoms with Gasteiger partial charge in [0.25, 0.3) is 0 Å². The first-order chi connectivity index (χ1) is 15.4. The van der Waals surface area contributed by atoms with E-state index in [9.17, 15) is 4.79 Å². The lowest BCUT2D eigenvalue weighted by Gasteiger charge is -2.14. The Hall–Kier alpha value is -3.91. The van der Waals surface area contributed by atoms with Gasteiger partial charge >= 0.3 is 0 Å². The molecule has 2 nitrogen and oxygen atoms in total. The van der Waals surface area contributed by atoms with Crippen molar-refractivity contribution < 1.29 is 9.53 Å². The van der Waals surface area contributed by atoms with Gasteiger partial charge in [0.15, 0.2) is 5.78 Å². The molecule has 0 aromatic heterocycles. The van der Waals surface area contributed by atoms with E-state index in [-0.39, 0.29) is 5.78 Å². The van der Waals surface area contributed by atoms with Gasteiger partial charge in [-0.15, -0.1) is 0 Å². The monoisotopic (exact) mass is 420 g/mol. The molecule has 0 N–H and O–H groups in total. The van der Waals surface area contributed by atoms with E-state index < -0.39 is 0 Å². The molecule has 0 amide bonds. The van der Waals surface area contributed by atoms with E-state index in [2.05, 4.69) is 57.0 Å². The summed E-state index contributed by atoms with van der Waals surface area (Å²) in [6.45, 7) is 15.7. The van der Waals surface area contributed by atoms with Crippen molar-refractivity contribution in [1.29, 1.82) is 0 Å². The van der Waals surface area contributed by atoms with Crippen LogP contribution in [0.2, 0.25) is 0 Å². The third kappa shape index (κ3) is 4.70. The Morgan fingerprint density at radius 3 is 2.19 bits per heavy atom. The number of carbonyl (C=O) groups excluding carboxylic acids is 1. The molecule has 0 aliphatic rings. The smallest absolute Gasteiger partial charge is 0.185 e. The summed E-state index contributed by atoms with van der Waals surface area (Å²) in [5.41, 5.74) is 8.83. The minimum atomic E-state index is -0.0821. The van der Waals surface area contributed by atoms with Crippen LogP contribution >= 0.6 is 0 Å². The molecule has 0 radical (unpaired) electrons. The summed E-state index contributed by atoms with van der Waals surface area (Å²) in [6.07, 6.45) is 5.14. The lowest BCUT2D eigenvalue weighted by atomic mass is 9.93. The Bertz CT molecular complexity index is 1240. The van der Waals surface area contributed by atoms with E-state index in [1.807, 2.05) is 49.4 Å². The van der Waals surface area contributed by atoms with E-state index >= 15 is 0 Å². The maximum Gasteiger partial charge on any atom is 0.185 e. The topological polar surface area (TPSA) is 26.3 Å². The molecule has 0 aliphatic heterocycles. The van der Waals surface area contributed by atoms with Crippen LogP contribution in [0, 0.1) is 13.8 Å². The highest BCUT2D eigenvalue weighted by molar-refractivity contribution is 6.05. The third-order valence-corrected chi connectivity index (χ3v) is 5.56. The molecule has 32 heavy (non-hydrogen) atoms. The highest BCUT2D eigenvalue weighted by Crippen LogP contribution is 2.31. The Morgan fingerprint density at radius 1 is 0.875 bits per heavy atom. The molecule has 160 valence electrons. The van der Waals surface area contributed by atoms with E-state index in [0.29, 0.717) is 5.56 Å². The minimum absolute atomic E-state index is 0.0821. The molecule has 3 aromatic carbocycles. The molecule has 0 aliphatic carbocycles. The van der Waals surface area contributed by atoms with Crippen LogP contribution in [0.1, 0.15) is 38.2 Å². The number of methoxy groups -OCH3 is 1. The van der Waals surface area contributed by atoms with Gasteiger partial charge in [-0.1, -0.05) is 80.4 Å². The van der Waals surface area contributed by atoms with Gasteiger partial charge in [-0.3, -0.25) is 4.79 Å².